The third-order valence-corrected chi connectivity index (χ3v) is 3.98. The van der Waals surface area contributed by atoms with Gasteiger partial charge in [0.05, 0.1) is 0 Å². The summed E-state index contributed by atoms with van der Waals surface area (Å²) in [6.45, 7) is 0.0955. The molecule has 4 N–H and O–H groups in total. The standard InChI is InChI=1S/C15H17ClFN3O4/c16-10-5-9(6-11(17)7-10)8-19-13(22)15(24)2-4-20(14(15)23)3-1-12(18)21/h5-7,24H,1-4,8H2,(H2,18,21)(H,19,22). The summed E-state index contributed by atoms with van der Waals surface area (Å²) in [7, 11) is 0. The summed E-state index contributed by atoms with van der Waals surface area (Å²) in [4.78, 5) is 36.3. The van der Waals surface area contributed by atoms with Gasteiger partial charge in [-0.15, -0.1) is 0 Å². The number of benzene rings is 1. The fourth-order valence-electron chi connectivity index (χ4n) is 2.48. The number of carbonyl (C=O) groups is 3. The minimum absolute atomic E-state index is 0.0449. The lowest BCUT2D eigenvalue weighted by Gasteiger charge is -2.21. The Morgan fingerprint density at radius 1 is 1.42 bits per heavy atom. The van der Waals surface area contributed by atoms with Crippen LogP contribution < -0.4 is 11.1 Å². The van der Waals surface area contributed by atoms with Crippen LogP contribution >= 0.6 is 11.6 Å². The number of nitrogens with two attached hydrogens (primary N) is 1. The van der Waals surface area contributed by atoms with Crippen molar-refractivity contribution in [2.24, 2.45) is 5.73 Å². The number of primary amides is 1. The van der Waals surface area contributed by atoms with Crippen LogP contribution in [0.25, 0.3) is 0 Å². The van der Waals surface area contributed by atoms with Crippen molar-refractivity contribution in [3.8, 4) is 0 Å². The average molecular weight is 358 g/mol. The van der Waals surface area contributed by atoms with Gasteiger partial charge in [0.2, 0.25) is 11.5 Å². The second-order valence-corrected chi connectivity index (χ2v) is 6.02. The number of hydrogen-bond acceptors (Lipinski definition) is 4. The van der Waals surface area contributed by atoms with Crippen LogP contribution in [0.4, 0.5) is 4.39 Å². The molecule has 2 rings (SSSR count). The molecule has 1 saturated heterocycles. The maximum absolute atomic E-state index is 13.2. The molecule has 1 heterocycles. The molecule has 0 bridgehead atoms. The van der Waals surface area contributed by atoms with Crippen LogP contribution in [0, 0.1) is 5.82 Å². The van der Waals surface area contributed by atoms with E-state index in [0.717, 1.165) is 6.07 Å². The highest BCUT2D eigenvalue weighted by molar-refractivity contribution is 6.30. The third-order valence-electron chi connectivity index (χ3n) is 3.76. The molecule has 9 heteroatoms. The Bertz CT molecular complexity index is 664. The summed E-state index contributed by atoms with van der Waals surface area (Å²) < 4.78 is 13.2. The second kappa shape index (κ2) is 7.14. The van der Waals surface area contributed by atoms with Crippen LogP contribution in [-0.4, -0.2) is 46.4 Å². The lowest BCUT2D eigenvalue weighted by atomic mass is 10.0. The molecule has 3 amide bonds. The molecule has 130 valence electrons. The number of halogens is 2. The van der Waals surface area contributed by atoms with Gasteiger partial charge >= 0.3 is 0 Å². The zero-order chi connectivity index (χ0) is 17.9. The van der Waals surface area contributed by atoms with Crippen LogP contribution in [-0.2, 0) is 20.9 Å². The fraction of sp³-hybridized carbons (Fsp3) is 0.400. The first-order valence-corrected chi connectivity index (χ1v) is 7.63. The Hall–Kier alpha value is -2.19. The fourth-order valence-corrected chi connectivity index (χ4v) is 2.72. The quantitative estimate of drug-likeness (QED) is 0.619. The van der Waals surface area contributed by atoms with E-state index in [1.54, 1.807) is 0 Å². The number of nitrogens with zero attached hydrogens (tertiary/aromatic N) is 1. The van der Waals surface area contributed by atoms with Gasteiger partial charge in [0.1, 0.15) is 5.82 Å². The summed E-state index contributed by atoms with van der Waals surface area (Å²) in [6, 6.07) is 3.77. The van der Waals surface area contributed by atoms with Gasteiger partial charge in [0, 0.05) is 37.5 Å². The normalized spacial score (nSPS) is 20.3. The molecule has 1 aromatic carbocycles. The number of aliphatic hydroxyl groups is 1. The highest BCUT2D eigenvalue weighted by atomic mass is 35.5. The molecule has 1 aromatic rings. The first kappa shape index (κ1) is 18.2. The highest BCUT2D eigenvalue weighted by Gasteiger charge is 2.51. The van der Waals surface area contributed by atoms with Gasteiger partial charge in [0.15, 0.2) is 0 Å². The maximum Gasteiger partial charge on any atom is 0.264 e. The van der Waals surface area contributed by atoms with E-state index in [9.17, 15) is 23.9 Å². The number of carbonyl (C=O) groups excluding carboxylic acids is 3. The van der Waals surface area contributed by atoms with Gasteiger partial charge in [-0.3, -0.25) is 14.4 Å². The topological polar surface area (TPSA) is 113 Å². The second-order valence-electron chi connectivity index (χ2n) is 5.58. The molecule has 1 aliphatic heterocycles. The number of nitrogens with one attached hydrogen (secondary N) is 1. The zero-order valence-electron chi connectivity index (χ0n) is 12.7. The van der Waals surface area contributed by atoms with Gasteiger partial charge < -0.3 is 21.1 Å². The lowest BCUT2D eigenvalue weighted by molar-refractivity contribution is -0.154. The SMILES string of the molecule is NC(=O)CCN1CCC(O)(C(=O)NCc2cc(F)cc(Cl)c2)C1=O. The van der Waals surface area contributed by atoms with Gasteiger partial charge in [-0.25, -0.2) is 4.39 Å². The smallest absolute Gasteiger partial charge is 0.264 e. The number of hydrogen-bond donors (Lipinski definition) is 3. The van der Waals surface area contributed by atoms with E-state index in [1.807, 2.05) is 0 Å². The van der Waals surface area contributed by atoms with Crippen molar-refractivity contribution in [2.45, 2.75) is 25.0 Å². The molecule has 0 radical (unpaired) electrons. The Balaban J connectivity index is 1.98. The van der Waals surface area contributed by atoms with Gasteiger partial charge in [-0.1, -0.05) is 11.6 Å². The number of amides is 3. The van der Waals surface area contributed by atoms with Crippen LogP contribution in [0.3, 0.4) is 0 Å². The van der Waals surface area contributed by atoms with Crippen molar-refractivity contribution in [1.82, 2.24) is 10.2 Å². The zero-order valence-corrected chi connectivity index (χ0v) is 13.5. The van der Waals surface area contributed by atoms with Crippen LogP contribution in [0.2, 0.25) is 5.02 Å². The Morgan fingerprint density at radius 3 is 2.75 bits per heavy atom. The van der Waals surface area contributed by atoms with E-state index in [1.165, 1.54) is 17.0 Å². The summed E-state index contributed by atoms with van der Waals surface area (Å²) in [6.07, 6.45) is -0.147. The van der Waals surface area contributed by atoms with Crippen LogP contribution in [0.5, 0.6) is 0 Å². The van der Waals surface area contributed by atoms with Gasteiger partial charge in [0.25, 0.3) is 11.8 Å². The third kappa shape index (κ3) is 4.01. The molecule has 24 heavy (non-hydrogen) atoms. The molecule has 1 unspecified atom stereocenters. The molecule has 0 saturated carbocycles. The average Bonchev–Trinajstić information content (AvgIpc) is 2.78. The molecule has 1 atom stereocenters. The molecule has 1 fully saturated rings. The van der Waals surface area contributed by atoms with Crippen molar-refractivity contribution in [1.29, 1.82) is 0 Å². The minimum Gasteiger partial charge on any atom is -0.372 e. The maximum atomic E-state index is 13.2. The van der Waals surface area contributed by atoms with E-state index >= 15 is 0 Å². The first-order valence-electron chi connectivity index (χ1n) is 7.25. The first-order chi connectivity index (χ1) is 11.2. The van der Waals surface area contributed by atoms with Gasteiger partial charge in [-0.05, 0) is 23.8 Å². The highest BCUT2D eigenvalue weighted by Crippen LogP contribution is 2.24. The lowest BCUT2D eigenvalue weighted by Crippen LogP contribution is -2.52. The van der Waals surface area contributed by atoms with Crippen molar-refractivity contribution in [3.63, 3.8) is 0 Å². The van der Waals surface area contributed by atoms with Crippen molar-refractivity contribution in [2.75, 3.05) is 13.1 Å². The Kier molecular flexibility index (Phi) is 5.40. The molecular weight excluding hydrogens is 341 g/mol. The molecule has 0 spiro atoms. The summed E-state index contributed by atoms with van der Waals surface area (Å²) >= 11 is 5.72. The monoisotopic (exact) mass is 357 g/mol. The molecular formula is C15H17ClFN3O4. The van der Waals surface area contributed by atoms with Gasteiger partial charge in [-0.2, -0.15) is 0 Å². The summed E-state index contributed by atoms with van der Waals surface area (Å²) in [5, 5.41) is 12.9. The van der Waals surface area contributed by atoms with Crippen LogP contribution in [0.1, 0.15) is 18.4 Å². The largest absolute Gasteiger partial charge is 0.372 e. The minimum atomic E-state index is -2.20. The van der Waals surface area contributed by atoms with E-state index in [-0.39, 0.29) is 37.5 Å². The molecule has 1 aliphatic rings. The van der Waals surface area contributed by atoms with Crippen molar-refractivity contribution < 1.29 is 23.9 Å². The predicted octanol–water partition coefficient (Wildman–Crippen LogP) is -0.0659. The van der Waals surface area contributed by atoms with Crippen molar-refractivity contribution >= 4 is 29.3 Å². The van der Waals surface area contributed by atoms with E-state index in [2.05, 4.69) is 5.32 Å². The molecule has 7 nitrogen and oxygen atoms in total. The van der Waals surface area contributed by atoms with E-state index in [4.69, 9.17) is 17.3 Å². The molecule has 0 aliphatic carbocycles. The molecule has 0 aromatic heterocycles. The van der Waals surface area contributed by atoms with E-state index < -0.39 is 29.1 Å². The van der Waals surface area contributed by atoms with Crippen LogP contribution in [0.15, 0.2) is 18.2 Å². The Morgan fingerprint density at radius 2 is 2.12 bits per heavy atom. The summed E-state index contributed by atoms with van der Waals surface area (Å²) in [5.74, 6) is -2.79. The summed E-state index contributed by atoms with van der Waals surface area (Å²) in [5.41, 5.74) is 3.22. The number of rotatable bonds is 6. The predicted molar refractivity (Wildman–Crippen MR) is 83.2 cm³/mol. The van der Waals surface area contributed by atoms with E-state index in [0.29, 0.717) is 5.56 Å². The van der Waals surface area contributed by atoms with Crippen molar-refractivity contribution in [3.05, 3.63) is 34.6 Å². The Labute approximate surface area is 142 Å². The number of likely N-dealkylation sites (tertiary alicyclic amines) is 1.